The molecule has 3 heteroatoms. The molecule has 1 rings (SSSR count). The second-order valence-corrected chi connectivity index (χ2v) is 2.82. The van der Waals surface area contributed by atoms with E-state index in [0.717, 1.165) is 20.2 Å². The maximum atomic E-state index is 8.98. The summed E-state index contributed by atoms with van der Waals surface area (Å²) in [5.41, 5.74) is 0. The first-order valence-electron chi connectivity index (χ1n) is 3.58. The van der Waals surface area contributed by atoms with E-state index in [9.17, 15) is 0 Å². The van der Waals surface area contributed by atoms with E-state index in [0.29, 0.717) is 5.92 Å². The van der Waals surface area contributed by atoms with Gasteiger partial charge in [-0.05, 0) is 12.2 Å². The highest BCUT2D eigenvalue weighted by Gasteiger charge is 2.13. The van der Waals surface area contributed by atoms with Crippen LogP contribution in [0.1, 0.15) is 6.92 Å². The summed E-state index contributed by atoms with van der Waals surface area (Å²) in [6, 6.07) is 0. The van der Waals surface area contributed by atoms with Gasteiger partial charge in [0.2, 0.25) is 0 Å². The number of ether oxygens (including phenoxy) is 1. The Morgan fingerprint density at radius 1 is 1.56 bits per heavy atom. The molecule has 1 aliphatic heterocycles. The van der Waals surface area contributed by atoms with Crippen molar-refractivity contribution < 1.29 is 9.84 Å². The number of aliphatic hydroxyl groups is 1. The van der Waals surface area contributed by atoms with Crippen LogP contribution in [-0.4, -0.2) is 25.3 Å². The molecule has 2 nitrogen and oxygen atoms in total. The summed E-state index contributed by atoms with van der Waals surface area (Å²) < 4.78 is 5.07. The molecule has 0 amide bonds. The van der Waals surface area contributed by atoms with E-state index >= 15 is 0 Å². The van der Waals surface area contributed by atoms with Crippen LogP contribution in [0.15, 0.2) is 0 Å². The molecule has 2 unspecified atom stereocenters. The summed E-state index contributed by atoms with van der Waals surface area (Å²) in [7, 11) is 1.10. The van der Waals surface area contributed by atoms with Crippen LogP contribution in [-0.2, 0) is 4.74 Å². The van der Waals surface area contributed by atoms with Gasteiger partial charge < -0.3 is 9.84 Å². The van der Waals surface area contributed by atoms with E-state index < -0.39 is 6.29 Å². The summed E-state index contributed by atoms with van der Waals surface area (Å²) in [4.78, 5) is 0. The second kappa shape index (κ2) is 3.23. The third-order valence-electron chi connectivity index (χ3n) is 1.72. The minimum Gasteiger partial charge on any atom is -0.369 e. The molecule has 9 heavy (non-hydrogen) atoms. The number of hydrogen-bond acceptors (Lipinski definition) is 2. The van der Waals surface area contributed by atoms with Gasteiger partial charge in [0.15, 0.2) is 0 Å². The predicted octanol–water partition coefficient (Wildman–Crippen LogP) is 0.244. The number of rotatable bonds is 0. The van der Waals surface area contributed by atoms with Crippen molar-refractivity contribution in [2.24, 2.45) is 5.92 Å². The number of hydrogen-bond donors (Lipinski definition) is 1. The molecule has 2 atom stereocenters. The molecule has 1 fully saturated rings. The maximum Gasteiger partial charge on any atom is 0.147 e. The molecule has 0 aliphatic carbocycles. The van der Waals surface area contributed by atoms with Gasteiger partial charge in [-0.1, -0.05) is 13.2 Å². The lowest BCUT2D eigenvalue weighted by atomic mass is 9.68. The van der Waals surface area contributed by atoms with E-state index in [-0.39, 0.29) is 0 Å². The van der Waals surface area contributed by atoms with E-state index in [2.05, 4.69) is 6.92 Å². The lowest BCUT2D eigenvalue weighted by Gasteiger charge is -2.07. The van der Waals surface area contributed by atoms with Gasteiger partial charge in [-0.3, -0.25) is 0 Å². The van der Waals surface area contributed by atoms with Gasteiger partial charge in [-0.2, -0.15) is 0 Å². The first kappa shape index (κ1) is 7.10. The summed E-state index contributed by atoms with van der Waals surface area (Å²) in [6.07, 6.45) is 1.51. The quantitative estimate of drug-likeness (QED) is 0.473. The Bertz CT molecular complexity index is 77.1. The molecule has 1 aliphatic rings. The van der Waals surface area contributed by atoms with Crippen LogP contribution >= 0.6 is 0 Å². The monoisotopic (exact) mass is 128 g/mol. The van der Waals surface area contributed by atoms with Gasteiger partial charge >= 0.3 is 0 Å². The van der Waals surface area contributed by atoms with Gasteiger partial charge in [0.05, 0.1) is 6.61 Å². The van der Waals surface area contributed by atoms with E-state index in [4.69, 9.17) is 9.84 Å². The van der Waals surface area contributed by atoms with Crippen molar-refractivity contribution in [1.29, 1.82) is 0 Å². The highest BCUT2D eigenvalue weighted by atomic mass is 16.6. The van der Waals surface area contributed by atoms with Crippen LogP contribution in [0, 0.1) is 5.92 Å². The third kappa shape index (κ3) is 2.37. The normalized spacial score (nSPS) is 37.1. The van der Waals surface area contributed by atoms with Gasteiger partial charge in [-0.25, -0.2) is 0 Å². The average molecular weight is 128 g/mol. The summed E-state index contributed by atoms with van der Waals surface area (Å²) in [5.74, 6) is 0.627. The Labute approximate surface area is 56.5 Å². The summed E-state index contributed by atoms with van der Waals surface area (Å²) in [6.45, 7) is 2.87. The molecule has 0 saturated carbocycles. The Kier molecular flexibility index (Phi) is 2.55. The predicted molar refractivity (Wildman–Crippen MR) is 37.9 cm³/mol. The first-order valence-corrected chi connectivity index (χ1v) is 3.58. The van der Waals surface area contributed by atoms with Crippen LogP contribution in [0.3, 0.4) is 0 Å². The zero-order valence-corrected chi connectivity index (χ0v) is 5.84. The fourth-order valence-electron chi connectivity index (χ4n) is 1.08. The standard InChI is InChI=1S/C6H13BO2/c1-5-2-7-3-6(8)9-4-5/h5-8H,2-4H2,1H3. The van der Waals surface area contributed by atoms with Crippen molar-refractivity contribution in [2.75, 3.05) is 6.61 Å². The Hall–Kier alpha value is -0.0151. The van der Waals surface area contributed by atoms with Gasteiger partial charge in [0, 0.05) is 0 Å². The fraction of sp³-hybridized carbons (Fsp3) is 1.00. The zero-order chi connectivity index (χ0) is 6.69. The second-order valence-electron chi connectivity index (χ2n) is 2.82. The minimum absolute atomic E-state index is 0.491. The SMILES string of the molecule is CC1CBCC(O)OC1. The van der Waals surface area contributed by atoms with Crippen molar-refractivity contribution >= 4 is 7.28 Å². The van der Waals surface area contributed by atoms with E-state index in [1.165, 1.54) is 6.32 Å². The van der Waals surface area contributed by atoms with Crippen LogP contribution in [0.25, 0.3) is 0 Å². The Morgan fingerprint density at radius 3 is 3.11 bits per heavy atom. The molecule has 0 bridgehead atoms. The molecule has 1 N–H and O–H groups in total. The smallest absolute Gasteiger partial charge is 0.147 e. The highest BCUT2D eigenvalue weighted by Crippen LogP contribution is 2.11. The summed E-state index contributed by atoms with van der Waals surface area (Å²) >= 11 is 0. The van der Waals surface area contributed by atoms with E-state index in [1.807, 2.05) is 0 Å². The lowest BCUT2D eigenvalue weighted by Crippen LogP contribution is -2.11. The van der Waals surface area contributed by atoms with Crippen molar-refractivity contribution in [3.8, 4) is 0 Å². The van der Waals surface area contributed by atoms with Crippen LogP contribution in [0.5, 0.6) is 0 Å². The molecule has 0 aromatic rings. The van der Waals surface area contributed by atoms with Crippen molar-refractivity contribution in [3.05, 3.63) is 0 Å². The molecule has 0 radical (unpaired) electrons. The van der Waals surface area contributed by atoms with Gasteiger partial charge in [-0.15, -0.1) is 0 Å². The number of aliphatic hydroxyl groups excluding tert-OH is 1. The molecule has 0 aromatic heterocycles. The molecular weight excluding hydrogens is 115 g/mol. The minimum atomic E-state index is -0.491. The Balaban J connectivity index is 2.25. The third-order valence-corrected chi connectivity index (χ3v) is 1.72. The van der Waals surface area contributed by atoms with Crippen LogP contribution in [0.4, 0.5) is 0 Å². The Morgan fingerprint density at radius 2 is 2.33 bits per heavy atom. The fourth-order valence-corrected chi connectivity index (χ4v) is 1.08. The molecule has 1 saturated heterocycles. The highest BCUT2D eigenvalue weighted by molar-refractivity contribution is 6.35. The average Bonchev–Trinajstić information content (AvgIpc) is 1.97. The zero-order valence-electron chi connectivity index (χ0n) is 5.84. The van der Waals surface area contributed by atoms with E-state index in [1.54, 1.807) is 0 Å². The van der Waals surface area contributed by atoms with Crippen molar-refractivity contribution in [2.45, 2.75) is 25.9 Å². The van der Waals surface area contributed by atoms with Gasteiger partial charge in [0.25, 0.3) is 0 Å². The van der Waals surface area contributed by atoms with Crippen LogP contribution < -0.4 is 0 Å². The molecule has 52 valence electrons. The molecule has 0 spiro atoms. The van der Waals surface area contributed by atoms with Crippen molar-refractivity contribution in [1.82, 2.24) is 0 Å². The van der Waals surface area contributed by atoms with Crippen LogP contribution in [0.2, 0.25) is 12.6 Å². The maximum absolute atomic E-state index is 8.98. The molecule has 1 heterocycles. The topological polar surface area (TPSA) is 29.5 Å². The summed E-state index contributed by atoms with van der Waals surface area (Å²) in [5, 5.41) is 8.98. The molecular formula is C6H13BO2. The largest absolute Gasteiger partial charge is 0.369 e. The van der Waals surface area contributed by atoms with Gasteiger partial charge in [0.1, 0.15) is 13.6 Å². The first-order chi connectivity index (χ1) is 4.29. The van der Waals surface area contributed by atoms with Crippen molar-refractivity contribution in [3.63, 3.8) is 0 Å². The molecule has 0 aromatic carbocycles. The lowest BCUT2D eigenvalue weighted by molar-refractivity contribution is -0.0894.